The average molecular weight is 459 g/mol. The van der Waals surface area contributed by atoms with Crippen LogP contribution >= 0.6 is 0 Å². The van der Waals surface area contributed by atoms with Crippen molar-refractivity contribution >= 4 is 22.6 Å². The third-order valence-electron chi connectivity index (χ3n) is 6.20. The predicted octanol–water partition coefficient (Wildman–Crippen LogP) is 4.75. The van der Waals surface area contributed by atoms with Gasteiger partial charge in [0.25, 0.3) is 5.91 Å². The van der Waals surface area contributed by atoms with Gasteiger partial charge < -0.3 is 10.6 Å². The highest BCUT2D eigenvalue weighted by molar-refractivity contribution is 6.06. The average Bonchev–Trinajstić information content (AvgIpc) is 2.87. The molecule has 1 unspecified atom stereocenters. The summed E-state index contributed by atoms with van der Waals surface area (Å²) in [5.41, 5.74) is 4.43. The molecule has 0 saturated carbocycles. The van der Waals surface area contributed by atoms with Gasteiger partial charge in [-0.1, -0.05) is 32.0 Å². The van der Waals surface area contributed by atoms with E-state index >= 15 is 0 Å². The Bertz CT molecular complexity index is 1340. The van der Waals surface area contributed by atoms with Gasteiger partial charge >= 0.3 is 0 Å². The maximum Gasteiger partial charge on any atom is 0.251 e. The molecule has 1 aromatic carbocycles. The van der Waals surface area contributed by atoms with Gasteiger partial charge in [-0.2, -0.15) is 4.39 Å². The molecule has 4 aromatic rings. The Balaban J connectivity index is 1.52. The molecular weight excluding hydrogens is 431 g/mol. The van der Waals surface area contributed by atoms with Crippen molar-refractivity contribution in [3.8, 4) is 11.3 Å². The van der Waals surface area contributed by atoms with Crippen LogP contribution in [0.1, 0.15) is 41.3 Å². The lowest BCUT2D eigenvalue weighted by Crippen LogP contribution is -2.19. The Kier molecular flexibility index (Phi) is 6.77. The van der Waals surface area contributed by atoms with E-state index in [1.54, 1.807) is 32.3 Å². The van der Waals surface area contributed by atoms with Crippen LogP contribution in [-0.4, -0.2) is 39.4 Å². The Morgan fingerprint density at radius 3 is 2.68 bits per heavy atom. The highest BCUT2D eigenvalue weighted by atomic mass is 19.1. The van der Waals surface area contributed by atoms with Gasteiger partial charge in [-0.25, -0.2) is 15.0 Å². The number of pyridine rings is 2. The number of nitrogens with one attached hydrogen (secondary N) is 2. The number of carbonyl (C=O) groups is 1. The largest absolute Gasteiger partial charge is 0.370 e. The predicted molar refractivity (Wildman–Crippen MR) is 131 cm³/mol. The van der Waals surface area contributed by atoms with E-state index in [0.29, 0.717) is 29.2 Å². The lowest BCUT2D eigenvalue weighted by atomic mass is 9.87. The van der Waals surface area contributed by atoms with Crippen LogP contribution in [0.25, 0.3) is 22.2 Å². The van der Waals surface area contributed by atoms with E-state index in [1.807, 2.05) is 18.2 Å². The van der Waals surface area contributed by atoms with E-state index in [2.05, 4.69) is 50.5 Å². The first-order chi connectivity index (χ1) is 16.4. The van der Waals surface area contributed by atoms with Crippen molar-refractivity contribution in [1.29, 1.82) is 0 Å². The third-order valence-corrected chi connectivity index (χ3v) is 6.20. The number of halogens is 1. The van der Waals surface area contributed by atoms with E-state index < -0.39 is 5.95 Å². The monoisotopic (exact) mass is 458 g/mol. The number of anilines is 1. The fourth-order valence-electron chi connectivity index (χ4n) is 3.96. The number of aromatic nitrogens is 4. The van der Waals surface area contributed by atoms with Crippen molar-refractivity contribution in [3.63, 3.8) is 0 Å². The van der Waals surface area contributed by atoms with Gasteiger partial charge in [-0.15, -0.1) is 0 Å². The van der Waals surface area contributed by atoms with Crippen LogP contribution in [0.2, 0.25) is 0 Å². The minimum atomic E-state index is -0.482. The molecule has 7 nitrogen and oxygen atoms in total. The Hall–Kier alpha value is -3.94. The quantitative estimate of drug-likeness (QED) is 0.389. The zero-order valence-corrected chi connectivity index (χ0v) is 19.6. The molecule has 2 atom stereocenters. The van der Waals surface area contributed by atoms with E-state index in [4.69, 9.17) is 0 Å². The van der Waals surface area contributed by atoms with Gasteiger partial charge in [-0.3, -0.25) is 9.78 Å². The maximum atomic E-state index is 13.5. The zero-order chi connectivity index (χ0) is 24.2. The summed E-state index contributed by atoms with van der Waals surface area (Å²) in [6.07, 6.45) is 4.64. The number of hydrogen-bond acceptors (Lipinski definition) is 6. The maximum absolute atomic E-state index is 13.5. The summed E-state index contributed by atoms with van der Waals surface area (Å²) in [6, 6.07) is 11.3. The molecule has 0 saturated heterocycles. The van der Waals surface area contributed by atoms with Crippen molar-refractivity contribution in [2.75, 3.05) is 18.9 Å². The molecule has 0 aliphatic carbocycles. The van der Waals surface area contributed by atoms with E-state index in [0.717, 1.165) is 22.0 Å². The lowest BCUT2D eigenvalue weighted by molar-refractivity contribution is 0.0964. The molecule has 0 bridgehead atoms. The fraction of sp³-hybridized carbons (Fsp3) is 0.269. The second kappa shape index (κ2) is 9.91. The van der Waals surface area contributed by atoms with Crippen molar-refractivity contribution in [3.05, 3.63) is 77.8 Å². The van der Waals surface area contributed by atoms with Crippen molar-refractivity contribution in [2.24, 2.45) is 5.92 Å². The molecular formula is C26H27FN6O. The third kappa shape index (κ3) is 4.71. The Morgan fingerprint density at radius 1 is 1.09 bits per heavy atom. The van der Waals surface area contributed by atoms with Gasteiger partial charge in [0.05, 0.1) is 16.8 Å². The highest BCUT2D eigenvalue weighted by Crippen LogP contribution is 2.31. The molecule has 0 spiro atoms. The van der Waals surface area contributed by atoms with Gasteiger partial charge in [-0.05, 0) is 36.5 Å². The molecule has 4 rings (SSSR count). The number of fused-ring (bicyclic) bond motifs is 1. The molecule has 8 heteroatoms. The molecule has 1 amide bonds. The molecule has 3 aromatic heterocycles. The summed E-state index contributed by atoms with van der Waals surface area (Å²) in [5, 5.41) is 6.92. The first-order valence-corrected chi connectivity index (χ1v) is 11.2. The first kappa shape index (κ1) is 23.2. The number of aryl methyl sites for hydroxylation is 1. The highest BCUT2D eigenvalue weighted by Gasteiger charge is 2.19. The van der Waals surface area contributed by atoms with Crippen LogP contribution in [0.3, 0.4) is 0 Å². The van der Waals surface area contributed by atoms with Gasteiger partial charge in [0, 0.05) is 48.6 Å². The second-order valence-corrected chi connectivity index (χ2v) is 8.45. The minimum Gasteiger partial charge on any atom is -0.370 e. The number of hydrogen-bond donors (Lipinski definition) is 2. The van der Waals surface area contributed by atoms with Crippen molar-refractivity contribution in [1.82, 2.24) is 25.3 Å². The molecule has 34 heavy (non-hydrogen) atoms. The Labute approximate surface area is 197 Å². The number of benzene rings is 1. The summed E-state index contributed by atoms with van der Waals surface area (Å²) in [7, 11) is 1.63. The summed E-state index contributed by atoms with van der Waals surface area (Å²) in [5.74, 6) is 0.490. The lowest BCUT2D eigenvalue weighted by Gasteiger charge is -2.22. The van der Waals surface area contributed by atoms with Gasteiger partial charge in [0.1, 0.15) is 12.1 Å². The topological polar surface area (TPSA) is 92.7 Å². The first-order valence-electron chi connectivity index (χ1n) is 11.2. The van der Waals surface area contributed by atoms with Crippen LogP contribution in [0.15, 0.2) is 55.1 Å². The SMILES string of the molecule is CNC(=O)c1ccnc2c(C(C)[C@H](C)CNc3cc(-c4cnc(F)c(C)c4)ncn3)cccc12. The fourth-order valence-corrected chi connectivity index (χ4v) is 3.96. The van der Waals surface area contributed by atoms with Crippen LogP contribution in [-0.2, 0) is 0 Å². The van der Waals surface area contributed by atoms with E-state index in [-0.39, 0.29) is 17.7 Å². The van der Waals surface area contributed by atoms with E-state index in [9.17, 15) is 9.18 Å². The summed E-state index contributed by atoms with van der Waals surface area (Å²) in [6.45, 7) is 6.67. The van der Waals surface area contributed by atoms with E-state index in [1.165, 1.54) is 12.5 Å². The van der Waals surface area contributed by atoms with Crippen LogP contribution in [0, 0.1) is 18.8 Å². The molecule has 0 radical (unpaired) electrons. The Morgan fingerprint density at radius 2 is 1.91 bits per heavy atom. The number of nitrogens with zero attached hydrogens (tertiary/aromatic N) is 4. The molecule has 174 valence electrons. The molecule has 0 aliphatic rings. The van der Waals surface area contributed by atoms with Gasteiger partial charge in [0.2, 0.25) is 5.95 Å². The summed E-state index contributed by atoms with van der Waals surface area (Å²) >= 11 is 0. The van der Waals surface area contributed by atoms with Crippen molar-refractivity contribution < 1.29 is 9.18 Å². The number of rotatable bonds is 7. The van der Waals surface area contributed by atoms with Gasteiger partial charge in [0.15, 0.2) is 0 Å². The normalized spacial score (nSPS) is 12.9. The van der Waals surface area contributed by atoms with Crippen LogP contribution in [0.5, 0.6) is 0 Å². The van der Waals surface area contributed by atoms with Crippen LogP contribution in [0.4, 0.5) is 10.2 Å². The number of para-hydroxylation sites is 1. The summed E-state index contributed by atoms with van der Waals surface area (Å²) in [4.78, 5) is 29.3. The molecule has 0 aliphatic heterocycles. The molecule has 2 N–H and O–H groups in total. The van der Waals surface area contributed by atoms with Crippen LogP contribution < -0.4 is 10.6 Å². The summed E-state index contributed by atoms with van der Waals surface area (Å²) < 4.78 is 13.5. The molecule has 0 fully saturated rings. The smallest absolute Gasteiger partial charge is 0.251 e. The number of carbonyl (C=O) groups excluding carboxylic acids is 1. The zero-order valence-electron chi connectivity index (χ0n) is 19.6. The molecule has 3 heterocycles. The standard InChI is InChI=1S/C26H27FN6O/c1-15-10-18(13-31-25(15)27)22-11-23(33-14-32-22)30-12-16(2)17(3)19-6-5-7-20-21(26(34)28-4)8-9-29-24(19)20/h5-11,13-14,16-17H,12H2,1-4H3,(H,28,34)(H,30,32,33)/t16-,17?/m1/s1. The van der Waals surface area contributed by atoms with Crippen molar-refractivity contribution in [2.45, 2.75) is 26.7 Å². The second-order valence-electron chi connectivity index (χ2n) is 8.45. The minimum absolute atomic E-state index is 0.127. The number of amides is 1.